The number of hydrogen-bond acceptors (Lipinski definition) is 4. The summed E-state index contributed by atoms with van der Waals surface area (Å²) in [4.78, 5) is 0. The Morgan fingerprint density at radius 2 is 1.71 bits per heavy atom. The van der Waals surface area contributed by atoms with Crippen LogP contribution in [-0.4, -0.2) is 40.4 Å². The fourth-order valence-electron chi connectivity index (χ4n) is 10.2. The van der Waals surface area contributed by atoms with E-state index in [1.807, 2.05) is 0 Å². The van der Waals surface area contributed by atoms with E-state index in [-0.39, 0.29) is 17.3 Å². The van der Waals surface area contributed by atoms with Gasteiger partial charge >= 0.3 is 0 Å². The molecule has 2 saturated heterocycles. The quantitative estimate of drug-likeness (QED) is 0.571. The van der Waals surface area contributed by atoms with Gasteiger partial charge in [-0.15, -0.1) is 0 Å². The number of aliphatic hydroxyl groups is 2. The van der Waals surface area contributed by atoms with E-state index in [9.17, 15) is 10.2 Å². The Hall–Kier alpha value is -0.160. The molecule has 6 aliphatic rings. The van der Waals surface area contributed by atoms with E-state index in [0.29, 0.717) is 53.4 Å². The highest BCUT2D eigenvalue weighted by Gasteiger charge is 2.70. The maximum absolute atomic E-state index is 11.7. The number of fused-ring (bicyclic) bond motifs is 7. The highest BCUT2D eigenvalue weighted by Crippen LogP contribution is 2.71. The third-order valence-corrected chi connectivity index (χ3v) is 12.0. The molecule has 0 unspecified atom stereocenters. The molecule has 31 heavy (non-hydrogen) atoms. The Labute approximate surface area is 188 Å². The predicted molar refractivity (Wildman–Crippen MR) is 119 cm³/mol. The third-order valence-electron chi connectivity index (χ3n) is 12.0. The zero-order valence-electron chi connectivity index (χ0n) is 20.1. The van der Waals surface area contributed by atoms with Crippen molar-refractivity contribution in [2.45, 2.75) is 115 Å². The van der Waals surface area contributed by atoms with Crippen LogP contribution in [0.3, 0.4) is 0 Å². The highest BCUT2D eigenvalue weighted by molar-refractivity contribution is 5.17. The standard InChI is InChI=1S/C27H44O4/c1-16-5-12-27(30-15-16)17(2)23-22(31-27)13-21-19-7-11-26(29)14-18(28)6-10-25(26,4)20(19)8-9-24(21,23)3/h16-23,28-29H,5-15H2,1-4H3/t16-,17+,18+,19-,20-,21+,22+,23+,24+,25-,26-,27-/m1/s1. The molecule has 0 aromatic carbocycles. The van der Waals surface area contributed by atoms with Crippen LogP contribution in [0.15, 0.2) is 0 Å². The summed E-state index contributed by atoms with van der Waals surface area (Å²) in [5, 5.41) is 22.0. The molecule has 0 bridgehead atoms. The molecule has 4 nitrogen and oxygen atoms in total. The summed E-state index contributed by atoms with van der Waals surface area (Å²) in [6.07, 6.45) is 10.4. The molecule has 6 rings (SSSR count). The molecule has 2 aliphatic heterocycles. The topological polar surface area (TPSA) is 58.9 Å². The first kappa shape index (κ1) is 21.4. The van der Waals surface area contributed by atoms with E-state index >= 15 is 0 Å². The van der Waals surface area contributed by atoms with Gasteiger partial charge in [-0.2, -0.15) is 0 Å². The molecule has 176 valence electrons. The van der Waals surface area contributed by atoms with Crippen LogP contribution in [-0.2, 0) is 9.47 Å². The van der Waals surface area contributed by atoms with Crippen LogP contribution < -0.4 is 0 Å². The molecule has 2 heterocycles. The minimum Gasteiger partial charge on any atom is -0.393 e. The molecule has 12 atom stereocenters. The van der Waals surface area contributed by atoms with Gasteiger partial charge in [-0.05, 0) is 91.8 Å². The molecule has 4 saturated carbocycles. The van der Waals surface area contributed by atoms with Crippen molar-refractivity contribution in [1.82, 2.24) is 0 Å². The molecular weight excluding hydrogens is 388 g/mol. The maximum atomic E-state index is 11.7. The number of hydrogen-bond donors (Lipinski definition) is 2. The Bertz CT molecular complexity index is 731. The van der Waals surface area contributed by atoms with E-state index in [2.05, 4.69) is 27.7 Å². The van der Waals surface area contributed by atoms with Gasteiger partial charge < -0.3 is 19.7 Å². The largest absolute Gasteiger partial charge is 0.393 e. The average molecular weight is 433 g/mol. The first-order valence-corrected chi connectivity index (χ1v) is 13.3. The highest BCUT2D eigenvalue weighted by atomic mass is 16.7. The van der Waals surface area contributed by atoms with Gasteiger partial charge in [0.05, 0.1) is 24.4 Å². The zero-order chi connectivity index (χ0) is 21.8. The Morgan fingerprint density at radius 3 is 2.45 bits per heavy atom. The zero-order valence-corrected chi connectivity index (χ0v) is 20.1. The van der Waals surface area contributed by atoms with Gasteiger partial charge in [0.15, 0.2) is 5.79 Å². The van der Waals surface area contributed by atoms with Crippen molar-refractivity contribution in [2.24, 2.45) is 46.3 Å². The third kappa shape index (κ3) is 2.68. The minimum absolute atomic E-state index is 0.0372. The monoisotopic (exact) mass is 432 g/mol. The van der Waals surface area contributed by atoms with E-state index < -0.39 is 5.60 Å². The summed E-state index contributed by atoms with van der Waals surface area (Å²) >= 11 is 0. The second kappa shape index (κ2) is 6.71. The average Bonchev–Trinajstić information content (AvgIpc) is 3.16. The maximum Gasteiger partial charge on any atom is 0.171 e. The summed E-state index contributed by atoms with van der Waals surface area (Å²) < 4.78 is 13.3. The lowest BCUT2D eigenvalue weighted by Crippen LogP contribution is -2.63. The van der Waals surface area contributed by atoms with Gasteiger partial charge in [0.25, 0.3) is 0 Å². The molecule has 0 aromatic heterocycles. The molecule has 0 amide bonds. The van der Waals surface area contributed by atoms with Gasteiger partial charge in [-0.25, -0.2) is 0 Å². The van der Waals surface area contributed by atoms with Gasteiger partial charge in [0, 0.05) is 18.8 Å². The molecule has 0 radical (unpaired) electrons. The molecule has 6 fully saturated rings. The van der Waals surface area contributed by atoms with Crippen molar-refractivity contribution >= 4 is 0 Å². The second-order valence-corrected chi connectivity index (χ2v) is 13.3. The first-order valence-electron chi connectivity index (χ1n) is 13.3. The van der Waals surface area contributed by atoms with E-state index in [4.69, 9.17) is 9.47 Å². The Balaban J connectivity index is 1.27. The SMILES string of the molecule is C[C@@H]1CC[C@@]2(OC1)O[C@H]1C[C@H]3[C@@H]4CC[C@@]5(O)C[C@@H](O)CC[C@]5(C)[C@@H]4CC[C@]3(C)[C@H]1[C@@H]2C. The molecule has 4 aliphatic carbocycles. The lowest BCUT2D eigenvalue weighted by molar-refractivity contribution is -0.274. The normalized spacial score (nSPS) is 63.3. The van der Waals surface area contributed by atoms with Crippen LogP contribution in [0.2, 0.25) is 0 Å². The Kier molecular flexibility index (Phi) is 4.62. The van der Waals surface area contributed by atoms with Crippen LogP contribution in [0.4, 0.5) is 0 Å². The van der Waals surface area contributed by atoms with Crippen LogP contribution in [0.5, 0.6) is 0 Å². The molecule has 0 aromatic rings. The molecule has 1 spiro atoms. The summed E-state index contributed by atoms with van der Waals surface area (Å²) in [6, 6.07) is 0. The molecular formula is C27H44O4. The van der Waals surface area contributed by atoms with Gasteiger partial charge in [0.2, 0.25) is 0 Å². The van der Waals surface area contributed by atoms with Crippen molar-refractivity contribution in [1.29, 1.82) is 0 Å². The van der Waals surface area contributed by atoms with Crippen LogP contribution in [0, 0.1) is 46.3 Å². The fraction of sp³-hybridized carbons (Fsp3) is 1.00. The fourth-order valence-corrected chi connectivity index (χ4v) is 10.2. The number of rotatable bonds is 0. The first-order chi connectivity index (χ1) is 14.6. The van der Waals surface area contributed by atoms with Crippen LogP contribution in [0.25, 0.3) is 0 Å². The van der Waals surface area contributed by atoms with E-state index in [1.165, 1.54) is 25.7 Å². The lowest BCUT2D eigenvalue weighted by Gasteiger charge is -2.64. The van der Waals surface area contributed by atoms with Crippen molar-refractivity contribution in [3.63, 3.8) is 0 Å². The van der Waals surface area contributed by atoms with Crippen molar-refractivity contribution in [3.8, 4) is 0 Å². The predicted octanol–water partition coefficient (Wildman–Crippen LogP) is 4.91. The summed E-state index contributed by atoms with van der Waals surface area (Å²) in [7, 11) is 0. The summed E-state index contributed by atoms with van der Waals surface area (Å²) in [6.45, 7) is 10.5. The van der Waals surface area contributed by atoms with E-state index in [0.717, 1.165) is 38.7 Å². The van der Waals surface area contributed by atoms with Gasteiger partial charge in [-0.3, -0.25) is 0 Å². The second-order valence-electron chi connectivity index (χ2n) is 13.3. The smallest absolute Gasteiger partial charge is 0.171 e. The molecule has 2 N–H and O–H groups in total. The Morgan fingerprint density at radius 1 is 0.903 bits per heavy atom. The summed E-state index contributed by atoms with van der Waals surface area (Å²) in [5.74, 6) is 3.39. The number of aliphatic hydroxyl groups excluding tert-OH is 1. The van der Waals surface area contributed by atoms with Crippen molar-refractivity contribution < 1.29 is 19.7 Å². The van der Waals surface area contributed by atoms with Gasteiger partial charge in [0.1, 0.15) is 0 Å². The summed E-state index contributed by atoms with van der Waals surface area (Å²) in [5.41, 5.74) is -0.375. The van der Waals surface area contributed by atoms with Crippen LogP contribution >= 0.6 is 0 Å². The van der Waals surface area contributed by atoms with Crippen molar-refractivity contribution in [2.75, 3.05) is 6.61 Å². The minimum atomic E-state index is -0.672. The lowest BCUT2D eigenvalue weighted by atomic mass is 9.43. The number of ether oxygens (including phenoxy) is 2. The van der Waals surface area contributed by atoms with E-state index in [1.54, 1.807) is 0 Å². The van der Waals surface area contributed by atoms with Crippen molar-refractivity contribution in [3.05, 3.63) is 0 Å². The molecule has 4 heteroatoms. The van der Waals surface area contributed by atoms with Crippen LogP contribution in [0.1, 0.15) is 91.9 Å². The van der Waals surface area contributed by atoms with Gasteiger partial charge in [-0.1, -0.05) is 27.7 Å².